The van der Waals surface area contributed by atoms with Crippen LogP contribution in [0.25, 0.3) is 0 Å². The van der Waals surface area contributed by atoms with Gasteiger partial charge in [0.15, 0.2) is 6.29 Å². The van der Waals surface area contributed by atoms with Gasteiger partial charge in [0.1, 0.15) is 0 Å². The van der Waals surface area contributed by atoms with Gasteiger partial charge in [-0.3, -0.25) is 4.68 Å². The molecule has 5 heteroatoms. The van der Waals surface area contributed by atoms with E-state index in [0.29, 0.717) is 0 Å². The van der Waals surface area contributed by atoms with E-state index < -0.39 is 0 Å². The summed E-state index contributed by atoms with van der Waals surface area (Å²) in [7, 11) is 0.104. The van der Waals surface area contributed by atoms with Crippen LogP contribution in [0.5, 0.6) is 0 Å². The Bertz CT molecular complexity index is 436. The zero-order chi connectivity index (χ0) is 13.1. The SMILES string of the molecule is C=[SiH]c1cnn(CC2(OC3CCCCO3)CCC2)c1. The Labute approximate surface area is 116 Å². The van der Waals surface area contributed by atoms with Gasteiger partial charge in [0, 0.05) is 21.9 Å². The van der Waals surface area contributed by atoms with Gasteiger partial charge in [0.05, 0.1) is 18.3 Å². The summed E-state index contributed by atoms with van der Waals surface area (Å²) in [4.78, 5) is 0. The predicted molar refractivity (Wildman–Crippen MR) is 77.4 cm³/mol. The van der Waals surface area contributed by atoms with Crippen molar-refractivity contribution in [3.63, 3.8) is 0 Å². The van der Waals surface area contributed by atoms with Crippen molar-refractivity contribution in [1.82, 2.24) is 9.78 Å². The maximum absolute atomic E-state index is 6.27. The molecule has 0 aromatic carbocycles. The highest BCUT2D eigenvalue weighted by Gasteiger charge is 2.41. The van der Waals surface area contributed by atoms with Crippen LogP contribution in [0.4, 0.5) is 0 Å². The van der Waals surface area contributed by atoms with E-state index in [4.69, 9.17) is 9.47 Å². The lowest BCUT2D eigenvalue weighted by atomic mass is 9.80. The average Bonchev–Trinajstić information content (AvgIpc) is 2.85. The number of ether oxygens (including phenoxy) is 2. The molecular formula is C14H22N2O2Si. The largest absolute Gasteiger partial charge is 0.353 e. The first kappa shape index (κ1) is 13.2. The van der Waals surface area contributed by atoms with Gasteiger partial charge >= 0.3 is 0 Å². The van der Waals surface area contributed by atoms with Gasteiger partial charge < -0.3 is 9.47 Å². The summed E-state index contributed by atoms with van der Waals surface area (Å²) in [5.74, 6) is 0. The monoisotopic (exact) mass is 278 g/mol. The Morgan fingerprint density at radius 2 is 2.37 bits per heavy atom. The maximum Gasteiger partial charge on any atom is 0.158 e. The molecule has 4 nitrogen and oxygen atoms in total. The molecule has 2 aliphatic rings. The molecule has 1 aliphatic heterocycles. The lowest BCUT2D eigenvalue weighted by Gasteiger charge is -2.44. The van der Waals surface area contributed by atoms with E-state index >= 15 is 0 Å². The predicted octanol–water partition coefficient (Wildman–Crippen LogP) is 0.843. The number of aromatic nitrogens is 2. The fourth-order valence-corrected chi connectivity index (χ4v) is 3.28. The summed E-state index contributed by atoms with van der Waals surface area (Å²) in [5.41, 5.74) is -0.0399. The van der Waals surface area contributed by atoms with Gasteiger partial charge in [-0.15, -0.1) is 6.17 Å². The first-order chi connectivity index (χ1) is 9.30. The lowest BCUT2D eigenvalue weighted by molar-refractivity contribution is -0.251. The van der Waals surface area contributed by atoms with Crippen molar-refractivity contribution in [2.75, 3.05) is 6.61 Å². The summed E-state index contributed by atoms with van der Waals surface area (Å²) < 4.78 is 14.0. The fraction of sp³-hybridized carbons (Fsp3) is 0.714. The molecule has 2 heterocycles. The van der Waals surface area contributed by atoms with E-state index in [1.54, 1.807) is 0 Å². The number of nitrogens with zero attached hydrogens (tertiary/aromatic N) is 2. The van der Waals surface area contributed by atoms with Gasteiger partial charge in [-0.2, -0.15) is 5.10 Å². The van der Waals surface area contributed by atoms with E-state index in [2.05, 4.69) is 17.5 Å². The third kappa shape index (κ3) is 3.04. The van der Waals surface area contributed by atoms with Crippen molar-refractivity contribution in [1.29, 1.82) is 0 Å². The highest BCUT2D eigenvalue weighted by molar-refractivity contribution is 6.56. The van der Waals surface area contributed by atoms with Gasteiger partial charge in [-0.25, -0.2) is 0 Å². The number of rotatable bonds is 5. The van der Waals surface area contributed by atoms with Crippen molar-refractivity contribution in [3.8, 4) is 0 Å². The van der Waals surface area contributed by atoms with Crippen LogP contribution in [0.3, 0.4) is 0 Å². The molecule has 1 aliphatic carbocycles. The molecule has 3 rings (SSSR count). The molecule has 1 saturated heterocycles. The Morgan fingerprint density at radius 1 is 1.47 bits per heavy atom. The molecule has 0 N–H and O–H groups in total. The van der Waals surface area contributed by atoms with Gasteiger partial charge in [0.2, 0.25) is 0 Å². The molecule has 0 radical (unpaired) electrons. The molecule has 1 aromatic rings. The van der Waals surface area contributed by atoms with E-state index in [1.165, 1.54) is 24.4 Å². The summed E-state index contributed by atoms with van der Waals surface area (Å²) in [6.45, 7) is 1.70. The topological polar surface area (TPSA) is 36.3 Å². The Balaban J connectivity index is 1.63. The molecule has 0 spiro atoms. The molecule has 2 fully saturated rings. The molecule has 0 bridgehead atoms. The average molecular weight is 278 g/mol. The third-order valence-corrected chi connectivity index (χ3v) is 4.89. The molecule has 1 aromatic heterocycles. The zero-order valence-electron chi connectivity index (χ0n) is 11.4. The summed E-state index contributed by atoms with van der Waals surface area (Å²) in [6, 6.07) is 0. The minimum absolute atomic E-state index is 0.00236. The second kappa shape index (κ2) is 5.69. The van der Waals surface area contributed by atoms with Gasteiger partial charge in [-0.05, 0) is 43.7 Å². The van der Waals surface area contributed by atoms with Crippen molar-refractivity contribution in [2.45, 2.75) is 57.0 Å². The van der Waals surface area contributed by atoms with E-state index in [9.17, 15) is 0 Å². The van der Waals surface area contributed by atoms with Crippen molar-refractivity contribution in [3.05, 3.63) is 12.4 Å². The van der Waals surface area contributed by atoms with Crippen LogP contribution in [-0.2, 0) is 16.0 Å². The molecule has 1 unspecified atom stereocenters. The summed E-state index contributed by atoms with van der Waals surface area (Å²) in [6.07, 6.45) is 15.0. The van der Waals surface area contributed by atoms with Crippen molar-refractivity contribution in [2.24, 2.45) is 0 Å². The van der Waals surface area contributed by atoms with Crippen LogP contribution < -0.4 is 5.19 Å². The second-order valence-electron chi connectivity index (χ2n) is 5.63. The van der Waals surface area contributed by atoms with Crippen LogP contribution in [0.1, 0.15) is 38.5 Å². The smallest absolute Gasteiger partial charge is 0.158 e. The van der Waals surface area contributed by atoms with E-state index in [1.807, 2.05) is 10.9 Å². The van der Waals surface area contributed by atoms with Crippen molar-refractivity contribution < 1.29 is 9.47 Å². The standard InChI is InChI=1S/C14H22N2O2Si/c1-19-12-9-15-16(10-12)11-14(6-4-7-14)18-13-5-2-3-8-17-13/h9-10,13,19H,1-8,11H2. The Morgan fingerprint density at radius 3 is 2.95 bits per heavy atom. The normalized spacial score (nSPS) is 25.8. The zero-order valence-corrected chi connectivity index (χ0v) is 12.5. The summed E-state index contributed by atoms with van der Waals surface area (Å²) >= 11 is 0. The van der Waals surface area contributed by atoms with Crippen LogP contribution in [0.15, 0.2) is 12.4 Å². The van der Waals surface area contributed by atoms with Crippen molar-refractivity contribution >= 4 is 20.5 Å². The van der Waals surface area contributed by atoms with E-state index in [-0.39, 0.29) is 21.0 Å². The second-order valence-corrected chi connectivity index (χ2v) is 6.70. The summed E-state index contributed by atoms with van der Waals surface area (Å²) in [5, 5.41) is 5.69. The first-order valence-corrected chi connectivity index (χ1v) is 8.63. The van der Waals surface area contributed by atoms with Crippen LogP contribution >= 0.6 is 0 Å². The van der Waals surface area contributed by atoms with Crippen LogP contribution in [-0.4, -0.2) is 43.6 Å². The number of hydrogen-bond donors (Lipinski definition) is 0. The quantitative estimate of drug-likeness (QED) is 0.749. The first-order valence-electron chi connectivity index (χ1n) is 7.24. The van der Waals surface area contributed by atoms with Gasteiger partial charge in [0.25, 0.3) is 0 Å². The van der Waals surface area contributed by atoms with E-state index in [0.717, 1.165) is 32.4 Å². The lowest BCUT2D eigenvalue weighted by Crippen LogP contribution is -2.47. The molecule has 19 heavy (non-hydrogen) atoms. The molecule has 1 saturated carbocycles. The fourth-order valence-electron chi connectivity index (χ4n) is 2.83. The highest BCUT2D eigenvalue weighted by Crippen LogP contribution is 2.39. The maximum atomic E-state index is 6.27. The number of hydrogen-bond acceptors (Lipinski definition) is 3. The Hall–Kier alpha value is -0.783. The van der Waals surface area contributed by atoms with Crippen LogP contribution in [0.2, 0.25) is 0 Å². The minimum Gasteiger partial charge on any atom is -0.353 e. The third-order valence-electron chi connectivity index (χ3n) is 4.12. The van der Waals surface area contributed by atoms with Gasteiger partial charge in [-0.1, -0.05) is 0 Å². The minimum atomic E-state index is -0.0399. The molecule has 1 atom stereocenters. The molecule has 104 valence electrons. The molecular weight excluding hydrogens is 256 g/mol. The highest BCUT2D eigenvalue weighted by atomic mass is 28.2. The molecule has 0 amide bonds. The van der Waals surface area contributed by atoms with Crippen LogP contribution in [0, 0.1) is 0 Å². The Kier molecular flexibility index (Phi) is 3.95.